The topological polar surface area (TPSA) is 121 Å². The fourth-order valence-corrected chi connectivity index (χ4v) is 3.11. The third-order valence-electron chi connectivity index (χ3n) is 4.33. The molecule has 0 saturated heterocycles. The highest BCUT2D eigenvalue weighted by Gasteiger charge is 2.22. The van der Waals surface area contributed by atoms with Crippen molar-refractivity contribution < 1.29 is 9.32 Å². The predicted octanol–water partition coefficient (Wildman–Crippen LogP) is 1.87. The van der Waals surface area contributed by atoms with Crippen LogP contribution in [-0.4, -0.2) is 42.2 Å². The maximum atomic E-state index is 12.8. The Kier molecular flexibility index (Phi) is 5.40. The Bertz CT molecular complexity index is 1250. The number of carbonyl (C=O) groups is 1. The zero-order valence-corrected chi connectivity index (χ0v) is 16.6. The maximum Gasteiger partial charge on any atom is 0.266 e. The minimum absolute atomic E-state index is 0.166. The molecular weight excluding hydrogens is 410 g/mol. The highest BCUT2D eigenvalue weighted by atomic mass is 35.5. The van der Waals surface area contributed by atoms with Crippen LogP contribution in [0.3, 0.4) is 0 Å². The van der Waals surface area contributed by atoms with Gasteiger partial charge < -0.3 is 9.84 Å². The van der Waals surface area contributed by atoms with Crippen molar-refractivity contribution in [3.05, 3.63) is 75.8 Å². The van der Waals surface area contributed by atoms with Gasteiger partial charge in [-0.3, -0.25) is 9.59 Å². The van der Waals surface area contributed by atoms with Crippen molar-refractivity contribution in [3.63, 3.8) is 0 Å². The number of nitrogens with zero attached hydrogens (tertiary/aromatic N) is 6. The summed E-state index contributed by atoms with van der Waals surface area (Å²) in [4.78, 5) is 28.7. The number of hydrogen-bond donors (Lipinski definition) is 1. The Morgan fingerprint density at radius 1 is 1.23 bits per heavy atom. The molecule has 3 aromatic heterocycles. The van der Waals surface area contributed by atoms with Gasteiger partial charge in [-0.15, -0.1) is 5.10 Å². The van der Waals surface area contributed by atoms with E-state index in [-0.39, 0.29) is 24.6 Å². The van der Waals surface area contributed by atoms with Crippen LogP contribution in [0.1, 0.15) is 16.1 Å². The van der Waals surface area contributed by atoms with E-state index in [1.165, 1.54) is 28.1 Å². The van der Waals surface area contributed by atoms with Crippen molar-refractivity contribution in [3.8, 4) is 17.1 Å². The normalized spacial score (nSPS) is 10.9. The van der Waals surface area contributed by atoms with Gasteiger partial charge in [-0.1, -0.05) is 35.0 Å². The third kappa shape index (κ3) is 3.85. The molecule has 0 saturated carbocycles. The molecule has 0 aliphatic heterocycles. The number of amides is 1. The van der Waals surface area contributed by atoms with E-state index in [1.807, 2.05) is 0 Å². The molecule has 1 aromatic carbocycles. The summed E-state index contributed by atoms with van der Waals surface area (Å²) < 4.78 is 7.89. The van der Waals surface area contributed by atoms with Crippen LogP contribution >= 0.6 is 11.6 Å². The Morgan fingerprint density at radius 3 is 2.83 bits per heavy atom. The lowest BCUT2D eigenvalue weighted by molar-refractivity contribution is 0.0950. The van der Waals surface area contributed by atoms with E-state index in [0.717, 1.165) is 0 Å². The molecule has 3 heterocycles. The van der Waals surface area contributed by atoms with Gasteiger partial charge in [-0.2, -0.15) is 5.10 Å². The summed E-state index contributed by atoms with van der Waals surface area (Å²) >= 11 is 6.23. The largest absolute Gasteiger partial charge is 0.360 e. The summed E-state index contributed by atoms with van der Waals surface area (Å²) in [5.41, 5.74) is 0.949. The number of benzene rings is 1. The predicted molar refractivity (Wildman–Crippen MR) is 107 cm³/mol. The zero-order valence-electron chi connectivity index (χ0n) is 15.8. The van der Waals surface area contributed by atoms with Gasteiger partial charge in [0, 0.05) is 18.2 Å². The van der Waals surface area contributed by atoms with Gasteiger partial charge in [-0.25, -0.2) is 14.3 Å². The van der Waals surface area contributed by atoms with Gasteiger partial charge in [0.1, 0.15) is 29.7 Å². The maximum absolute atomic E-state index is 12.8. The summed E-state index contributed by atoms with van der Waals surface area (Å²) in [5, 5.41) is 15.4. The molecule has 0 bridgehead atoms. The average Bonchev–Trinajstić information content (AvgIpc) is 3.40. The quantitative estimate of drug-likeness (QED) is 0.500. The number of aromatic nitrogens is 6. The van der Waals surface area contributed by atoms with Gasteiger partial charge in [-0.05, 0) is 19.1 Å². The van der Waals surface area contributed by atoms with Gasteiger partial charge >= 0.3 is 0 Å². The fraction of sp³-hybridized carbons (Fsp3) is 0.158. The fourth-order valence-electron chi connectivity index (χ4n) is 2.89. The standard InChI is InChI=1S/C19H16ClN7O3/c1-12-17(18(25-30-12)13-4-2-3-5-14(13)20)19(29)22-8-9-26-16(28)7-6-15(24-26)27-11-21-10-23-27/h2-7,10-11H,8-9H2,1H3,(H,22,29). The van der Waals surface area contributed by atoms with Crippen LogP contribution in [0.15, 0.2) is 58.4 Å². The minimum Gasteiger partial charge on any atom is -0.360 e. The lowest BCUT2D eigenvalue weighted by atomic mass is 10.1. The van der Waals surface area contributed by atoms with Crippen LogP contribution < -0.4 is 10.9 Å². The van der Waals surface area contributed by atoms with E-state index in [9.17, 15) is 9.59 Å². The number of rotatable bonds is 6. The van der Waals surface area contributed by atoms with E-state index >= 15 is 0 Å². The first-order chi connectivity index (χ1) is 14.5. The second-order valence-electron chi connectivity index (χ2n) is 6.29. The van der Waals surface area contributed by atoms with Crippen molar-refractivity contribution in [2.24, 2.45) is 0 Å². The van der Waals surface area contributed by atoms with E-state index in [2.05, 4.69) is 25.7 Å². The molecule has 0 fully saturated rings. The second-order valence-corrected chi connectivity index (χ2v) is 6.70. The van der Waals surface area contributed by atoms with Crippen molar-refractivity contribution in [1.29, 1.82) is 0 Å². The van der Waals surface area contributed by atoms with Crippen LogP contribution in [0.4, 0.5) is 0 Å². The molecular formula is C19H16ClN7O3. The van der Waals surface area contributed by atoms with Gasteiger partial charge in [0.25, 0.3) is 11.5 Å². The smallest absolute Gasteiger partial charge is 0.266 e. The highest BCUT2D eigenvalue weighted by Crippen LogP contribution is 2.30. The molecule has 1 amide bonds. The van der Waals surface area contributed by atoms with Crippen LogP contribution in [0, 0.1) is 6.92 Å². The number of nitrogens with one attached hydrogen (secondary N) is 1. The van der Waals surface area contributed by atoms with Crippen LogP contribution in [0.2, 0.25) is 5.02 Å². The molecule has 152 valence electrons. The molecule has 30 heavy (non-hydrogen) atoms. The van der Waals surface area contributed by atoms with E-state index in [4.69, 9.17) is 16.1 Å². The molecule has 10 nitrogen and oxygen atoms in total. The van der Waals surface area contributed by atoms with E-state index in [1.54, 1.807) is 37.3 Å². The van der Waals surface area contributed by atoms with Crippen LogP contribution in [0.25, 0.3) is 17.1 Å². The highest BCUT2D eigenvalue weighted by molar-refractivity contribution is 6.33. The minimum atomic E-state index is -0.385. The first-order valence-corrected chi connectivity index (χ1v) is 9.35. The molecule has 0 spiro atoms. The van der Waals surface area contributed by atoms with E-state index < -0.39 is 0 Å². The first-order valence-electron chi connectivity index (χ1n) is 8.97. The van der Waals surface area contributed by atoms with Gasteiger partial charge in [0.2, 0.25) is 0 Å². The van der Waals surface area contributed by atoms with Gasteiger partial charge in [0.15, 0.2) is 5.82 Å². The SMILES string of the molecule is Cc1onc(-c2ccccc2Cl)c1C(=O)NCCn1nc(-n2cncn2)ccc1=O. The summed E-state index contributed by atoms with van der Waals surface area (Å²) in [7, 11) is 0. The summed E-state index contributed by atoms with van der Waals surface area (Å²) in [6.07, 6.45) is 2.85. The second kappa shape index (κ2) is 8.29. The molecule has 0 atom stereocenters. The molecule has 4 rings (SSSR count). The Hall–Kier alpha value is -3.79. The first kappa shape index (κ1) is 19.5. The molecule has 0 unspecified atom stereocenters. The monoisotopic (exact) mass is 425 g/mol. The summed E-state index contributed by atoms with van der Waals surface area (Å²) in [6.45, 7) is 1.98. The van der Waals surface area contributed by atoms with Crippen molar-refractivity contribution in [2.75, 3.05) is 6.54 Å². The lowest BCUT2D eigenvalue weighted by Crippen LogP contribution is -2.32. The number of carbonyl (C=O) groups excluding carboxylic acids is 1. The summed E-state index contributed by atoms with van der Waals surface area (Å²) in [5.74, 6) is 0.421. The van der Waals surface area contributed by atoms with Crippen molar-refractivity contribution in [2.45, 2.75) is 13.5 Å². The van der Waals surface area contributed by atoms with Crippen LogP contribution in [-0.2, 0) is 6.54 Å². The Labute approximate surface area is 175 Å². The lowest BCUT2D eigenvalue weighted by Gasteiger charge is -2.09. The molecule has 4 aromatic rings. The van der Waals surface area contributed by atoms with Crippen molar-refractivity contribution >= 4 is 17.5 Å². The number of hydrogen-bond acceptors (Lipinski definition) is 7. The summed E-state index contributed by atoms with van der Waals surface area (Å²) in [6, 6.07) is 9.98. The molecule has 0 aliphatic carbocycles. The molecule has 1 N–H and O–H groups in total. The van der Waals surface area contributed by atoms with Gasteiger partial charge in [0.05, 0.1) is 11.6 Å². The molecule has 11 heteroatoms. The van der Waals surface area contributed by atoms with E-state index in [0.29, 0.717) is 33.4 Å². The average molecular weight is 426 g/mol. The Morgan fingerprint density at radius 2 is 2.07 bits per heavy atom. The third-order valence-corrected chi connectivity index (χ3v) is 4.66. The zero-order chi connectivity index (χ0) is 21.1. The van der Waals surface area contributed by atoms with Crippen LogP contribution in [0.5, 0.6) is 0 Å². The molecule has 0 aliphatic rings. The number of halogens is 1. The van der Waals surface area contributed by atoms with Crippen molar-refractivity contribution in [1.82, 2.24) is 35.0 Å². The number of aryl methyl sites for hydroxylation is 1. The molecule has 0 radical (unpaired) electrons. The Balaban J connectivity index is 1.49.